The molecule has 0 unspecified atom stereocenters. The Morgan fingerprint density at radius 1 is 1.14 bits per heavy atom. The molecule has 3 N–H and O–H groups in total. The highest BCUT2D eigenvalue weighted by molar-refractivity contribution is 6.01. The number of imide groups is 1. The number of likely N-dealkylation sites (tertiary alicyclic amines) is 1. The molecule has 0 radical (unpaired) electrons. The van der Waals surface area contributed by atoms with E-state index in [0.717, 1.165) is 32.1 Å². The number of carbonyl (C=O) groups excluding carboxylic acids is 3. The third-order valence-electron chi connectivity index (χ3n) is 4.20. The van der Waals surface area contributed by atoms with Gasteiger partial charge >= 0.3 is 0 Å². The maximum absolute atomic E-state index is 12.1. The average Bonchev–Trinajstić information content (AvgIpc) is 2.75. The zero-order valence-corrected chi connectivity index (χ0v) is 13.0. The van der Waals surface area contributed by atoms with Gasteiger partial charge in [-0.25, -0.2) is 0 Å². The van der Waals surface area contributed by atoms with Gasteiger partial charge in [-0.1, -0.05) is 19.3 Å². The second-order valence-corrected chi connectivity index (χ2v) is 5.77. The first-order valence-corrected chi connectivity index (χ1v) is 7.43. The van der Waals surface area contributed by atoms with Crippen molar-refractivity contribution in [3.05, 3.63) is 0 Å². The zero-order chi connectivity index (χ0) is 14.6. The van der Waals surface area contributed by atoms with Crippen LogP contribution >= 0.6 is 12.4 Å². The van der Waals surface area contributed by atoms with Crippen LogP contribution in [0, 0.1) is 0 Å². The minimum atomic E-state index is -0.725. The first-order valence-electron chi connectivity index (χ1n) is 7.43. The fourth-order valence-electron chi connectivity index (χ4n) is 2.90. The lowest BCUT2D eigenvalue weighted by molar-refractivity contribution is -0.138. The van der Waals surface area contributed by atoms with Gasteiger partial charge in [0.15, 0.2) is 0 Å². The summed E-state index contributed by atoms with van der Waals surface area (Å²) in [4.78, 5) is 36.2. The van der Waals surface area contributed by atoms with Gasteiger partial charge in [-0.15, -0.1) is 12.4 Å². The van der Waals surface area contributed by atoms with E-state index >= 15 is 0 Å². The summed E-state index contributed by atoms with van der Waals surface area (Å²) in [5.41, 5.74) is 5.40. The predicted molar refractivity (Wildman–Crippen MR) is 80.8 cm³/mol. The van der Waals surface area contributed by atoms with Crippen LogP contribution in [-0.4, -0.2) is 41.2 Å². The van der Waals surface area contributed by atoms with Gasteiger partial charge in [-0.05, 0) is 19.3 Å². The van der Waals surface area contributed by atoms with Crippen molar-refractivity contribution in [3.63, 3.8) is 0 Å². The number of hydrogen-bond acceptors (Lipinski definition) is 4. The van der Waals surface area contributed by atoms with Crippen LogP contribution in [0.1, 0.15) is 51.4 Å². The number of nitrogens with two attached hydrogens (primary N) is 1. The molecule has 1 aliphatic carbocycles. The van der Waals surface area contributed by atoms with Gasteiger partial charge in [0.25, 0.3) is 0 Å². The Labute approximate surface area is 131 Å². The molecule has 7 heteroatoms. The lowest BCUT2D eigenvalue weighted by atomic mass is 9.82. The fourth-order valence-corrected chi connectivity index (χ4v) is 2.90. The molecule has 1 aliphatic heterocycles. The minimum Gasteiger partial charge on any atom is -0.354 e. The standard InChI is InChI=1S/C14H23N3O3.ClH/c15-14(7-2-1-3-8-14)13(20)16-9-4-10-17-11(18)5-6-12(17)19;/h1-10,15H2,(H,16,20);1H. The first-order chi connectivity index (χ1) is 9.53. The summed E-state index contributed by atoms with van der Waals surface area (Å²) in [6.45, 7) is 0.838. The van der Waals surface area contributed by atoms with Crippen LogP contribution < -0.4 is 11.1 Å². The van der Waals surface area contributed by atoms with Gasteiger partial charge in [0, 0.05) is 25.9 Å². The summed E-state index contributed by atoms with van der Waals surface area (Å²) < 4.78 is 0. The minimum absolute atomic E-state index is 0. The van der Waals surface area contributed by atoms with Crippen LogP contribution in [0.4, 0.5) is 0 Å². The monoisotopic (exact) mass is 317 g/mol. The molecule has 2 fully saturated rings. The summed E-state index contributed by atoms with van der Waals surface area (Å²) in [6.07, 6.45) is 5.84. The Balaban J connectivity index is 0.00000220. The molecule has 1 saturated carbocycles. The van der Waals surface area contributed by atoms with Crippen molar-refractivity contribution in [2.45, 2.75) is 56.9 Å². The van der Waals surface area contributed by atoms with Crippen molar-refractivity contribution >= 4 is 30.1 Å². The maximum Gasteiger partial charge on any atom is 0.240 e. The van der Waals surface area contributed by atoms with E-state index < -0.39 is 5.54 Å². The Hall–Kier alpha value is -1.14. The number of nitrogens with one attached hydrogen (secondary N) is 1. The van der Waals surface area contributed by atoms with E-state index in [9.17, 15) is 14.4 Å². The molecular formula is C14H24ClN3O3. The van der Waals surface area contributed by atoms with E-state index in [1.165, 1.54) is 4.90 Å². The van der Waals surface area contributed by atoms with Crippen LogP contribution in [0.2, 0.25) is 0 Å². The Morgan fingerprint density at radius 2 is 1.71 bits per heavy atom. The molecule has 0 spiro atoms. The first kappa shape index (κ1) is 17.9. The molecule has 21 heavy (non-hydrogen) atoms. The van der Waals surface area contributed by atoms with Crippen molar-refractivity contribution in [2.24, 2.45) is 5.73 Å². The predicted octanol–water partition coefficient (Wildman–Crippen LogP) is 0.725. The van der Waals surface area contributed by atoms with E-state index in [1.54, 1.807) is 0 Å². The Morgan fingerprint density at radius 3 is 2.29 bits per heavy atom. The molecule has 0 aromatic carbocycles. The van der Waals surface area contributed by atoms with Crippen molar-refractivity contribution in [1.29, 1.82) is 0 Å². The largest absolute Gasteiger partial charge is 0.354 e. The van der Waals surface area contributed by atoms with Crippen LogP contribution in [0.25, 0.3) is 0 Å². The number of rotatable bonds is 5. The quantitative estimate of drug-likeness (QED) is 0.577. The topological polar surface area (TPSA) is 92.5 Å². The van der Waals surface area contributed by atoms with Crippen LogP contribution in [0.3, 0.4) is 0 Å². The Kier molecular flexibility index (Phi) is 6.61. The normalized spacial score (nSPS) is 21.1. The highest BCUT2D eigenvalue weighted by Gasteiger charge is 2.35. The molecule has 6 nitrogen and oxygen atoms in total. The lowest BCUT2D eigenvalue weighted by Crippen LogP contribution is -2.55. The second-order valence-electron chi connectivity index (χ2n) is 5.77. The molecular weight excluding hydrogens is 294 g/mol. The summed E-state index contributed by atoms with van der Waals surface area (Å²) in [7, 11) is 0. The van der Waals surface area contributed by atoms with E-state index in [4.69, 9.17) is 5.73 Å². The Bertz CT molecular complexity index is 392. The van der Waals surface area contributed by atoms with Crippen molar-refractivity contribution < 1.29 is 14.4 Å². The smallest absolute Gasteiger partial charge is 0.240 e. The SMILES string of the molecule is Cl.NC1(C(=O)NCCCN2C(=O)CCC2=O)CCCCC1. The van der Waals surface area contributed by atoms with E-state index in [0.29, 0.717) is 32.4 Å². The molecule has 0 atom stereocenters. The third kappa shape index (κ3) is 4.41. The number of hydrogen-bond donors (Lipinski definition) is 2. The molecule has 0 aromatic heterocycles. The zero-order valence-electron chi connectivity index (χ0n) is 12.2. The molecule has 1 heterocycles. The van der Waals surface area contributed by atoms with Crippen LogP contribution in [0.15, 0.2) is 0 Å². The van der Waals surface area contributed by atoms with Crippen LogP contribution in [0.5, 0.6) is 0 Å². The average molecular weight is 318 g/mol. The number of carbonyl (C=O) groups is 3. The molecule has 120 valence electrons. The van der Waals surface area contributed by atoms with Crippen molar-refractivity contribution in [3.8, 4) is 0 Å². The lowest BCUT2D eigenvalue weighted by Gasteiger charge is -2.31. The van der Waals surface area contributed by atoms with Gasteiger partial charge in [0.05, 0.1) is 5.54 Å². The summed E-state index contributed by atoms with van der Waals surface area (Å²) in [6, 6.07) is 0. The van der Waals surface area contributed by atoms with E-state index in [2.05, 4.69) is 5.32 Å². The van der Waals surface area contributed by atoms with Crippen LogP contribution in [-0.2, 0) is 14.4 Å². The fraction of sp³-hybridized carbons (Fsp3) is 0.786. The van der Waals surface area contributed by atoms with Gasteiger partial charge in [0.2, 0.25) is 17.7 Å². The summed E-state index contributed by atoms with van der Waals surface area (Å²) in [5.74, 6) is -0.316. The summed E-state index contributed by atoms with van der Waals surface area (Å²) >= 11 is 0. The van der Waals surface area contributed by atoms with Gasteiger partial charge < -0.3 is 11.1 Å². The molecule has 0 aromatic rings. The van der Waals surface area contributed by atoms with Gasteiger partial charge in [-0.3, -0.25) is 19.3 Å². The third-order valence-corrected chi connectivity index (χ3v) is 4.20. The number of nitrogens with zero attached hydrogens (tertiary/aromatic N) is 1. The molecule has 1 saturated heterocycles. The molecule has 3 amide bonds. The highest BCUT2D eigenvalue weighted by atomic mass is 35.5. The van der Waals surface area contributed by atoms with Gasteiger partial charge in [0.1, 0.15) is 0 Å². The van der Waals surface area contributed by atoms with E-state index in [-0.39, 0.29) is 30.1 Å². The molecule has 2 aliphatic rings. The van der Waals surface area contributed by atoms with Gasteiger partial charge in [-0.2, -0.15) is 0 Å². The van der Waals surface area contributed by atoms with E-state index in [1.807, 2.05) is 0 Å². The number of amides is 3. The second kappa shape index (κ2) is 7.75. The number of halogens is 1. The maximum atomic E-state index is 12.1. The van der Waals surface area contributed by atoms with Crippen molar-refractivity contribution in [1.82, 2.24) is 10.2 Å². The molecule has 0 bridgehead atoms. The highest BCUT2D eigenvalue weighted by Crippen LogP contribution is 2.25. The summed E-state index contributed by atoms with van der Waals surface area (Å²) in [5, 5.41) is 2.83. The van der Waals surface area contributed by atoms with Crippen molar-refractivity contribution in [2.75, 3.05) is 13.1 Å². The molecule has 2 rings (SSSR count).